The summed E-state index contributed by atoms with van der Waals surface area (Å²) in [6, 6.07) is 14.5. The average molecular weight is 304 g/mol. The smallest absolute Gasteiger partial charge is 0.335 e. The van der Waals surface area contributed by atoms with Crippen molar-refractivity contribution in [2.45, 2.75) is 0 Å². The topological polar surface area (TPSA) is 104 Å². The molecule has 116 valence electrons. The lowest BCUT2D eigenvalue weighted by Crippen LogP contribution is -2.00. The van der Waals surface area contributed by atoms with Crippen LogP contribution in [0.3, 0.4) is 0 Å². The summed E-state index contributed by atoms with van der Waals surface area (Å²) in [4.78, 5) is 20.7. The van der Waals surface area contributed by atoms with E-state index in [2.05, 4.69) is 0 Å². The van der Waals surface area contributed by atoms with Gasteiger partial charge in [0.1, 0.15) is 12.4 Å². The van der Waals surface area contributed by atoms with Gasteiger partial charge in [0, 0.05) is 0 Å². The molecule has 2 aromatic rings. The van der Waals surface area contributed by atoms with Gasteiger partial charge in [-0.05, 0) is 36.4 Å². The van der Waals surface area contributed by atoms with Crippen LogP contribution in [-0.4, -0.2) is 40.5 Å². The van der Waals surface area contributed by atoms with Gasteiger partial charge in [-0.15, -0.1) is 0 Å². The second-order valence-corrected chi connectivity index (χ2v) is 4.07. The Morgan fingerprint density at radius 2 is 1.27 bits per heavy atom. The van der Waals surface area contributed by atoms with Gasteiger partial charge in [0.25, 0.3) is 0 Å². The van der Waals surface area contributed by atoms with Crippen molar-refractivity contribution in [2.24, 2.45) is 0 Å². The Hall–Kier alpha value is -2.86. The number of hydrogen-bond acceptors (Lipinski definition) is 4. The third kappa shape index (κ3) is 6.06. The number of aliphatic hydroxyl groups excluding tert-OH is 1. The predicted octanol–water partition coefficient (Wildman–Crippen LogP) is 2.14. The van der Waals surface area contributed by atoms with Crippen LogP contribution in [-0.2, 0) is 0 Å². The fourth-order valence-corrected chi connectivity index (χ4v) is 1.44. The molecule has 0 bridgehead atoms. The van der Waals surface area contributed by atoms with Crippen molar-refractivity contribution in [3.8, 4) is 5.75 Å². The first kappa shape index (κ1) is 17.2. The van der Waals surface area contributed by atoms with Gasteiger partial charge in [-0.2, -0.15) is 0 Å². The van der Waals surface area contributed by atoms with E-state index in [4.69, 9.17) is 20.1 Å². The van der Waals surface area contributed by atoms with Crippen molar-refractivity contribution in [1.82, 2.24) is 0 Å². The third-order valence-electron chi connectivity index (χ3n) is 2.48. The average Bonchev–Trinajstić information content (AvgIpc) is 2.54. The molecule has 0 heterocycles. The minimum atomic E-state index is -1.06. The molecule has 0 aliphatic rings. The zero-order valence-corrected chi connectivity index (χ0v) is 11.7. The molecule has 0 unspecified atom stereocenters. The number of carbonyl (C=O) groups is 2. The largest absolute Gasteiger partial charge is 0.491 e. The van der Waals surface area contributed by atoms with Crippen molar-refractivity contribution in [1.29, 1.82) is 0 Å². The number of aliphatic hydroxyl groups is 1. The summed E-state index contributed by atoms with van der Waals surface area (Å²) in [5.74, 6) is -1.32. The van der Waals surface area contributed by atoms with E-state index in [0.717, 1.165) is 5.75 Å². The molecular weight excluding hydrogens is 288 g/mol. The van der Waals surface area contributed by atoms with Crippen LogP contribution in [0.15, 0.2) is 54.6 Å². The van der Waals surface area contributed by atoms with Crippen LogP contribution in [0.25, 0.3) is 0 Å². The van der Waals surface area contributed by atoms with Crippen LogP contribution < -0.4 is 4.74 Å². The second-order valence-electron chi connectivity index (χ2n) is 4.07. The molecule has 6 heteroatoms. The third-order valence-corrected chi connectivity index (χ3v) is 2.48. The lowest BCUT2D eigenvalue weighted by molar-refractivity contribution is 0.0681. The van der Waals surface area contributed by atoms with E-state index in [0.29, 0.717) is 6.61 Å². The number of para-hydroxylation sites is 1. The Labute approximate surface area is 127 Å². The summed E-state index contributed by atoms with van der Waals surface area (Å²) in [5.41, 5.74) is 0.167. The van der Waals surface area contributed by atoms with Crippen molar-refractivity contribution < 1.29 is 29.6 Å². The molecule has 0 spiro atoms. The number of carboxylic acids is 2. The van der Waals surface area contributed by atoms with E-state index in [1.165, 1.54) is 24.3 Å². The molecule has 0 amide bonds. The normalized spacial score (nSPS) is 9.32. The molecule has 0 fully saturated rings. The molecule has 0 saturated heterocycles. The van der Waals surface area contributed by atoms with Gasteiger partial charge in [-0.3, -0.25) is 0 Å². The first-order valence-electron chi connectivity index (χ1n) is 6.40. The highest BCUT2D eigenvalue weighted by atomic mass is 16.5. The van der Waals surface area contributed by atoms with Crippen molar-refractivity contribution >= 4 is 11.9 Å². The molecule has 0 atom stereocenters. The molecule has 0 radical (unpaired) electrons. The Kier molecular flexibility index (Phi) is 7.15. The van der Waals surface area contributed by atoms with E-state index >= 15 is 0 Å². The molecule has 2 rings (SSSR count). The minimum absolute atomic E-state index is 0.0644. The standard InChI is InChI=1S/C8H6O4.C8H10O2/c9-7(10)5-1-2-6(4-3-5)8(11)12;9-6-7-10-8-4-2-1-3-5-8/h1-4H,(H,9,10)(H,11,12);1-5,9H,6-7H2. The maximum absolute atomic E-state index is 10.3. The minimum Gasteiger partial charge on any atom is -0.491 e. The Bertz CT molecular complexity index is 559. The molecule has 22 heavy (non-hydrogen) atoms. The summed E-state index contributed by atoms with van der Waals surface area (Å²) in [5, 5.41) is 25.3. The second kappa shape index (κ2) is 9.15. The van der Waals surface area contributed by atoms with Crippen LogP contribution in [0.1, 0.15) is 20.7 Å². The summed E-state index contributed by atoms with van der Waals surface area (Å²) in [6.07, 6.45) is 0. The Balaban J connectivity index is 0.000000224. The number of carboxylic acid groups (broad SMARTS) is 2. The Morgan fingerprint density at radius 1 is 0.818 bits per heavy atom. The number of aromatic carboxylic acids is 2. The molecule has 6 nitrogen and oxygen atoms in total. The molecule has 0 saturated carbocycles. The highest BCUT2D eigenvalue weighted by Gasteiger charge is 2.04. The molecule has 0 aliphatic carbocycles. The van der Waals surface area contributed by atoms with Gasteiger partial charge < -0.3 is 20.1 Å². The van der Waals surface area contributed by atoms with Crippen molar-refractivity contribution in [3.05, 3.63) is 65.7 Å². The summed E-state index contributed by atoms with van der Waals surface area (Å²) in [7, 11) is 0. The summed E-state index contributed by atoms with van der Waals surface area (Å²) >= 11 is 0. The maximum atomic E-state index is 10.3. The molecular formula is C16H16O6. The first-order valence-corrected chi connectivity index (χ1v) is 6.40. The van der Waals surface area contributed by atoms with E-state index in [1.54, 1.807) is 0 Å². The fraction of sp³-hybridized carbons (Fsp3) is 0.125. The van der Waals surface area contributed by atoms with E-state index in [9.17, 15) is 9.59 Å². The number of rotatable bonds is 5. The van der Waals surface area contributed by atoms with Gasteiger partial charge >= 0.3 is 11.9 Å². The lowest BCUT2D eigenvalue weighted by atomic mass is 10.1. The predicted molar refractivity (Wildman–Crippen MR) is 79.4 cm³/mol. The van der Waals surface area contributed by atoms with Gasteiger partial charge in [-0.25, -0.2) is 9.59 Å². The van der Waals surface area contributed by atoms with E-state index in [-0.39, 0.29) is 17.7 Å². The van der Waals surface area contributed by atoms with Crippen LogP contribution in [0.5, 0.6) is 5.75 Å². The monoisotopic (exact) mass is 304 g/mol. The molecule has 0 aromatic heterocycles. The quantitative estimate of drug-likeness (QED) is 0.782. The highest BCUT2D eigenvalue weighted by molar-refractivity contribution is 5.91. The highest BCUT2D eigenvalue weighted by Crippen LogP contribution is 2.07. The molecule has 2 aromatic carbocycles. The van der Waals surface area contributed by atoms with Crippen LogP contribution in [0.2, 0.25) is 0 Å². The molecule has 0 aliphatic heterocycles. The number of hydrogen-bond donors (Lipinski definition) is 3. The van der Waals surface area contributed by atoms with Crippen molar-refractivity contribution in [3.63, 3.8) is 0 Å². The lowest BCUT2D eigenvalue weighted by Gasteiger charge is -2.01. The van der Waals surface area contributed by atoms with Crippen LogP contribution >= 0.6 is 0 Å². The number of ether oxygens (including phenoxy) is 1. The zero-order valence-electron chi connectivity index (χ0n) is 11.7. The summed E-state index contributed by atoms with van der Waals surface area (Å²) < 4.78 is 5.11. The SMILES string of the molecule is O=C(O)c1ccc(C(=O)O)cc1.OCCOc1ccccc1. The van der Waals surface area contributed by atoms with Crippen LogP contribution in [0, 0.1) is 0 Å². The maximum Gasteiger partial charge on any atom is 0.335 e. The summed E-state index contributed by atoms with van der Waals surface area (Å²) in [6.45, 7) is 0.429. The van der Waals surface area contributed by atoms with Gasteiger partial charge in [0.15, 0.2) is 0 Å². The van der Waals surface area contributed by atoms with Gasteiger partial charge in [-0.1, -0.05) is 18.2 Å². The zero-order chi connectivity index (χ0) is 16.4. The first-order chi connectivity index (χ1) is 10.5. The van der Waals surface area contributed by atoms with Crippen molar-refractivity contribution in [2.75, 3.05) is 13.2 Å². The van der Waals surface area contributed by atoms with E-state index < -0.39 is 11.9 Å². The van der Waals surface area contributed by atoms with E-state index in [1.807, 2.05) is 30.3 Å². The van der Waals surface area contributed by atoms with Gasteiger partial charge in [0.05, 0.1) is 17.7 Å². The van der Waals surface area contributed by atoms with Gasteiger partial charge in [0.2, 0.25) is 0 Å². The fourth-order valence-electron chi connectivity index (χ4n) is 1.44. The Morgan fingerprint density at radius 3 is 1.64 bits per heavy atom. The molecule has 3 N–H and O–H groups in total. The van der Waals surface area contributed by atoms with Crippen LogP contribution in [0.4, 0.5) is 0 Å². The number of benzene rings is 2.